The molecule has 1 unspecified atom stereocenters. The monoisotopic (exact) mass is 254 g/mol. The van der Waals surface area contributed by atoms with Crippen molar-refractivity contribution in [3.63, 3.8) is 0 Å². The first-order chi connectivity index (χ1) is 9.25. The van der Waals surface area contributed by atoms with Crippen molar-refractivity contribution in [1.29, 1.82) is 0 Å². The number of rotatable bonds is 2. The molecule has 19 heavy (non-hydrogen) atoms. The van der Waals surface area contributed by atoms with Crippen molar-refractivity contribution in [3.8, 4) is 0 Å². The van der Waals surface area contributed by atoms with Crippen molar-refractivity contribution in [2.45, 2.75) is 45.2 Å². The van der Waals surface area contributed by atoms with Gasteiger partial charge in [-0.05, 0) is 57.0 Å². The topological polar surface area (TPSA) is 16.1 Å². The van der Waals surface area contributed by atoms with Gasteiger partial charge in [-0.15, -0.1) is 0 Å². The van der Waals surface area contributed by atoms with Crippen LogP contribution in [0.2, 0.25) is 0 Å². The van der Waals surface area contributed by atoms with Gasteiger partial charge < -0.3 is 0 Å². The number of fused-ring (bicyclic) bond motifs is 1. The van der Waals surface area contributed by atoms with E-state index in [-0.39, 0.29) is 0 Å². The van der Waals surface area contributed by atoms with E-state index >= 15 is 0 Å². The summed E-state index contributed by atoms with van der Waals surface area (Å²) < 4.78 is 0. The maximum Gasteiger partial charge on any atom is 0.0702 e. The summed E-state index contributed by atoms with van der Waals surface area (Å²) in [5.41, 5.74) is 2.55. The second-order valence-electron chi connectivity index (χ2n) is 5.80. The number of pyridine rings is 1. The van der Waals surface area contributed by atoms with Crippen LogP contribution in [-0.2, 0) is 0 Å². The third kappa shape index (κ3) is 2.50. The Labute approximate surface area is 115 Å². The van der Waals surface area contributed by atoms with Gasteiger partial charge in [0.05, 0.1) is 5.52 Å². The Morgan fingerprint density at radius 1 is 1.21 bits per heavy atom. The fourth-order valence-corrected chi connectivity index (χ4v) is 3.23. The molecule has 0 bridgehead atoms. The van der Waals surface area contributed by atoms with E-state index < -0.39 is 0 Å². The van der Waals surface area contributed by atoms with Gasteiger partial charge in [0.2, 0.25) is 0 Å². The Hall–Kier alpha value is -1.41. The molecule has 100 valence electrons. The maximum absolute atomic E-state index is 4.41. The van der Waals surface area contributed by atoms with Gasteiger partial charge >= 0.3 is 0 Å². The van der Waals surface area contributed by atoms with Gasteiger partial charge in [0.15, 0.2) is 0 Å². The summed E-state index contributed by atoms with van der Waals surface area (Å²) in [6.07, 6.45) is 5.83. The normalized spacial score (nSPS) is 21.1. The zero-order valence-corrected chi connectivity index (χ0v) is 11.8. The molecule has 3 rings (SSSR count). The van der Waals surface area contributed by atoms with Crippen LogP contribution in [0.3, 0.4) is 0 Å². The lowest BCUT2D eigenvalue weighted by Crippen LogP contribution is -2.38. The molecule has 1 aromatic carbocycles. The molecule has 2 aromatic rings. The molecular weight excluding hydrogens is 232 g/mol. The van der Waals surface area contributed by atoms with Crippen molar-refractivity contribution < 1.29 is 0 Å². The van der Waals surface area contributed by atoms with Crippen LogP contribution < -0.4 is 0 Å². The number of hydrogen-bond acceptors (Lipinski definition) is 2. The molecule has 0 amide bonds. The smallest absolute Gasteiger partial charge is 0.0702 e. The third-order valence-electron chi connectivity index (χ3n) is 4.22. The number of likely N-dealkylation sites (tertiary alicyclic amines) is 1. The van der Waals surface area contributed by atoms with Gasteiger partial charge in [0.25, 0.3) is 0 Å². The summed E-state index contributed by atoms with van der Waals surface area (Å²) in [7, 11) is 0. The van der Waals surface area contributed by atoms with Crippen molar-refractivity contribution in [1.82, 2.24) is 9.88 Å². The summed E-state index contributed by atoms with van der Waals surface area (Å²) in [6.45, 7) is 5.84. The summed E-state index contributed by atoms with van der Waals surface area (Å²) in [5.74, 6) is 0. The van der Waals surface area contributed by atoms with E-state index in [9.17, 15) is 0 Å². The number of hydrogen-bond donors (Lipinski definition) is 0. The van der Waals surface area contributed by atoms with Gasteiger partial charge in [-0.3, -0.25) is 9.88 Å². The number of nitrogens with zero attached hydrogens (tertiary/aromatic N) is 2. The van der Waals surface area contributed by atoms with Crippen molar-refractivity contribution in [3.05, 3.63) is 42.1 Å². The Bertz CT molecular complexity index is 562. The van der Waals surface area contributed by atoms with E-state index in [1.165, 1.54) is 36.8 Å². The summed E-state index contributed by atoms with van der Waals surface area (Å²) in [4.78, 5) is 7.05. The molecule has 1 atom stereocenters. The molecule has 1 saturated heterocycles. The minimum atomic E-state index is 0.582. The number of piperidine rings is 1. The predicted octanol–water partition coefficient (Wildman–Crippen LogP) is 4.17. The minimum absolute atomic E-state index is 0.582. The molecule has 0 aliphatic carbocycles. The Kier molecular flexibility index (Phi) is 3.52. The Balaban J connectivity index is 1.97. The summed E-state index contributed by atoms with van der Waals surface area (Å²) in [5, 5.41) is 1.26. The molecule has 0 N–H and O–H groups in total. The average Bonchev–Trinajstić information content (AvgIpc) is 2.46. The molecule has 1 aromatic heterocycles. The van der Waals surface area contributed by atoms with Crippen LogP contribution in [0.5, 0.6) is 0 Å². The molecule has 0 spiro atoms. The van der Waals surface area contributed by atoms with Crippen LogP contribution >= 0.6 is 0 Å². The molecule has 1 fully saturated rings. The lowest BCUT2D eigenvalue weighted by atomic mass is 9.93. The van der Waals surface area contributed by atoms with Crippen LogP contribution in [0.4, 0.5) is 0 Å². The highest BCUT2D eigenvalue weighted by atomic mass is 15.2. The Morgan fingerprint density at radius 2 is 2.11 bits per heavy atom. The lowest BCUT2D eigenvalue weighted by molar-refractivity contribution is 0.112. The third-order valence-corrected chi connectivity index (χ3v) is 4.22. The van der Waals surface area contributed by atoms with E-state index in [1.54, 1.807) is 0 Å². The fourth-order valence-electron chi connectivity index (χ4n) is 3.23. The van der Waals surface area contributed by atoms with Gasteiger partial charge in [0.1, 0.15) is 0 Å². The van der Waals surface area contributed by atoms with E-state index in [1.807, 2.05) is 12.3 Å². The van der Waals surface area contributed by atoms with E-state index in [4.69, 9.17) is 0 Å². The van der Waals surface area contributed by atoms with Crippen LogP contribution in [-0.4, -0.2) is 22.5 Å². The maximum atomic E-state index is 4.41. The van der Waals surface area contributed by atoms with Gasteiger partial charge in [-0.1, -0.05) is 18.6 Å². The van der Waals surface area contributed by atoms with Crippen molar-refractivity contribution in [2.75, 3.05) is 6.54 Å². The predicted molar refractivity (Wildman–Crippen MR) is 80.2 cm³/mol. The highest BCUT2D eigenvalue weighted by Gasteiger charge is 2.25. The molecule has 2 heteroatoms. The number of benzene rings is 1. The minimum Gasteiger partial charge on any atom is -0.294 e. The Morgan fingerprint density at radius 3 is 2.95 bits per heavy atom. The van der Waals surface area contributed by atoms with Crippen molar-refractivity contribution >= 4 is 10.9 Å². The molecule has 2 heterocycles. The van der Waals surface area contributed by atoms with E-state index in [0.29, 0.717) is 12.1 Å². The first kappa shape index (κ1) is 12.6. The summed E-state index contributed by atoms with van der Waals surface area (Å²) >= 11 is 0. The average molecular weight is 254 g/mol. The first-order valence-electron chi connectivity index (χ1n) is 7.36. The standard InChI is InChI=1S/C17H22N2/c1-13(2)19-11-4-3-7-17(19)15-8-9-16-14(12-15)6-5-10-18-16/h5-6,8-10,12-13,17H,3-4,7,11H2,1-2H3. The number of aromatic nitrogens is 1. The van der Waals surface area contributed by atoms with Crippen LogP contribution in [0.1, 0.15) is 44.7 Å². The molecule has 1 aliphatic rings. The van der Waals surface area contributed by atoms with Gasteiger partial charge in [0, 0.05) is 23.7 Å². The van der Waals surface area contributed by atoms with Gasteiger partial charge in [-0.2, -0.15) is 0 Å². The second kappa shape index (κ2) is 5.30. The second-order valence-corrected chi connectivity index (χ2v) is 5.80. The zero-order chi connectivity index (χ0) is 13.2. The highest BCUT2D eigenvalue weighted by molar-refractivity contribution is 5.79. The quantitative estimate of drug-likeness (QED) is 0.799. The van der Waals surface area contributed by atoms with E-state index in [2.05, 4.69) is 48.0 Å². The molecule has 1 aliphatic heterocycles. The van der Waals surface area contributed by atoms with Crippen LogP contribution in [0, 0.1) is 0 Å². The van der Waals surface area contributed by atoms with E-state index in [0.717, 1.165) is 5.52 Å². The largest absolute Gasteiger partial charge is 0.294 e. The lowest BCUT2D eigenvalue weighted by Gasteiger charge is -2.39. The molecular formula is C17H22N2. The molecule has 2 nitrogen and oxygen atoms in total. The van der Waals surface area contributed by atoms with Gasteiger partial charge in [-0.25, -0.2) is 0 Å². The van der Waals surface area contributed by atoms with Crippen molar-refractivity contribution in [2.24, 2.45) is 0 Å². The van der Waals surface area contributed by atoms with Crippen LogP contribution in [0.25, 0.3) is 10.9 Å². The fraction of sp³-hybridized carbons (Fsp3) is 0.471. The highest BCUT2D eigenvalue weighted by Crippen LogP contribution is 2.33. The SMILES string of the molecule is CC(C)N1CCCCC1c1ccc2ncccc2c1. The van der Waals surface area contributed by atoms with Crippen LogP contribution in [0.15, 0.2) is 36.5 Å². The molecule has 0 radical (unpaired) electrons. The first-order valence-corrected chi connectivity index (χ1v) is 7.36. The molecule has 0 saturated carbocycles. The summed E-state index contributed by atoms with van der Waals surface area (Å²) in [6, 6.07) is 12.1. The zero-order valence-electron chi connectivity index (χ0n) is 11.8.